The quantitative estimate of drug-likeness (QED) is 0.572. The number of fused-ring (bicyclic) bond motifs is 1. The zero-order chi connectivity index (χ0) is 19.0. The van der Waals surface area contributed by atoms with Crippen molar-refractivity contribution in [2.24, 2.45) is 29.6 Å². The van der Waals surface area contributed by atoms with E-state index in [1.54, 1.807) is 0 Å². The van der Waals surface area contributed by atoms with Gasteiger partial charge in [0.25, 0.3) is 0 Å². The van der Waals surface area contributed by atoms with Gasteiger partial charge in [-0.2, -0.15) is 0 Å². The Balaban J connectivity index is 1.85. The summed E-state index contributed by atoms with van der Waals surface area (Å²) in [5.74, 6) is 0.305. The molecular formula is C21H32N2O3. The van der Waals surface area contributed by atoms with Gasteiger partial charge < -0.3 is 4.90 Å². The molecule has 0 N–H and O–H groups in total. The van der Waals surface area contributed by atoms with Crippen LogP contribution in [0.3, 0.4) is 0 Å². The Labute approximate surface area is 156 Å². The van der Waals surface area contributed by atoms with Crippen molar-refractivity contribution < 1.29 is 14.4 Å². The number of imide groups is 1. The van der Waals surface area contributed by atoms with Crippen molar-refractivity contribution in [3.8, 4) is 0 Å². The summed E-state index contributed by atoms with van der Waals surface area (Å²) in [5.41, 5.74) is 0. The van der Waals surface area contributed by atoms with E-state index in [-0.39, 0.29) is 35.5 Å². The second-order valence-corrected chi connectivity index (χ2v) is 9.04. The van der Waals surface area contributed by atoms with Gasteiger partial charge >= 0.3 is 0 Å². The molecule has 0 spiro atoms. The third-order valence-corrected chi connectivity index (χ3v) is 6.01. The van der Waals surface area contributed by atoms with E-state index >= 15 is 0 Å². The maximum atomic E-state index is 13.4. The Morgan fingerprint density at radius 3 is 2.00 bits per heavy atom. The van der Waals surface area contributed by atoms with Crippen LogP contribution in [-0.4, -0.2) is 46.7 Å². The van der Waals surface area contributed by atoms with Gasteiger partial charge in [-0.05, 0) is 43.4 Å². The summed E-state index contributed by atoms with van der Waals surface area (Å²) in [6.07, 6.45) is 6.88. The normalized spacial score (nSPS) is 33.0. The van der Waals surface area contributed by atoms with E-state index in [4.69, 9.17) is 0 Å². The number of carbonyl (C=O) groups excluding carboxylic acids is 3. The van der Waals surface area contributed by atoms with Crippen LogP contribution in [0.1, 0.15) is 53.4 Å². The van der Waals surface area contributed by atoms with Crippen LogP contribution < -0.4 is 0 Å². The van der Waals surface area contributed by atoms with Crippen LogP contribution in [0.2, 0.25) is 0 Å². The lowest BCUT2D eigenvalue weighted by molar-refractivity contribution is -0.153. The fourth-order valence-electron chi connectivity index (χ4n) is 4.95. The summed E-state index contributed by atoms with van der Waals surface area (Å²) in [6, 6.07) is -0.641. The van der Waals surface area contributed by atoms with Crippen LogP contribution in [-0.2, 0) is 14.4 Å². The molecule has 5 nitrogen and oxygen atoms in total. The van der Waals surface area contributed by atoms with Crippen LogP contribution in [0.25, 0.3) is 0 Å². The first kappa shape index (κ1) is 19.1. The minimum absolute atomic E-state index is 0.0367. The molecule has 2 heterocycles. The highest BCUT2D eigenvalue weighted by Crippen LogP contribution is 2.37. The molecule has 0 aromatic rings. The maximum Gasteiger partial charge on any atom is 0.245 e. The Morgan fingerprint density at radius 2 is 1.54 bits per heavy atom. The van der Waals surface area contributed by atoms with Crippen molar-refractivity contribution >= 4 is 17.7 Å². The van der Waals surface area contributed by atoms with Crippen molar-refractivity contribution in [1.82, 2.24) is 9.80 Å². The van der Waals surface area contributed by atoms with Crippen LogP contribution in [0.15, 0.2) is 12.2 Å². The molecule has 0 aromatic carbocycles. The maximum absolute atomic E-state index is 13.4. The van der Waals surface area contributed by atoms with Gasteiger partial charge in [0.05, 0.1) is 11.8 Å². The number of rotatable bonds is 4. The zero-order valence-corrected chi connectivity index (χ0v) is 16.5. The fourth-order valence-corrected chi connectivity index (χ4v) is 4.95. The van der Waals surface area contributed by atoms with E-state index in [9.17, 15) is 14.4 Å². The molecule has 3 amide bonds. The molecular weight excluding hydrogens is 328 g/mol. The van der Waals surface area contributed by atoms with Crippen molar-refractivity contribution in [1.29, 1.82) is 0 Å². The van der Waals surface area contributed by atoms with E-state index in [2.05, 4.69) is 13.8 Å². The molecule has 3 aliphatic rings. The van der Waals surface area contributed by atoms with Crippen molar-refractivity contribution in [3.05, 3.63) is 12.2 Å². The molecule has 3 rings (SSSR count). The minimum atomic E-state index is -0.641. The Morgan fingerprint density at radius 1 is 1.04 bits per heavy atom. The molecule has 2 saturated heterocycles. The van der Waals surface area contributed by atoms with E-state index in [0.717, 1.165) is 19.5 Å². The summed E-state index contributed by atoms with van der Waals surface area (Å²) in [6.45, 7) is 9.87. The van der Waals surface area contributed by atoms with Crippen LogP contribution in [0.5, 0.6) is 0 Å². The highest BCUT2D eigenvalue weighted by Gasteiger charge is 2.51. The van der Waals surface area contributed by atoms with E-state index in [0.29, 0.717) is 31.1 Å². The SMILES string of the molecule is CC(C)CC(C(=O)N1CC(C)CC(C)C1)N1C(=O)C2CC=CCC2C1=O. The largest absolute Gasteiger partial charge is 0.340 e. The van der Waals surface area contributed by atoms with Gasteiger partial charge in [0.2, 0.25) is 17.7 Å². The van der Waals surface area contributed by atoms with Gasteiger partial charge in [0.15, 0.2) is 0 Å². The van der Waals surface area contributed by atoms with E-state index in [1.807, 2.05) is 30.9 Å². The molecule has 5 heteroatoms. The van der Waals surface area contributed by atoms with E-state index in [1.165, 1.54) is 4.90 Å². The number of allylic oxidation sites excluding steroid dienone is 2. The third kappa shape index (κ3) is 3.58. The number of amides is 3. The summed E-state index contributed by atoms with van der Waals surface area (Å²) >= 11 is 0. The number of carbonyl (C=O) groups is 3. The Kier molecular flexibility index (Phi) is 5.54. The lowest BCUT2D eigenvalue weighted by Gasteiger charge is -2.39. The second-order valence-electron chi connectivity index (χ2n) is 9.04. The smallest absolute Gasteiger partial charge is 0.245 e. The number of piperidine rings is 1. The summed E-state index contributed by atoms with van der Waals surface area (Å²) in [5, 5.41) is 0. The molecule has 5 unspecified atom stereocenters. The van der Waals surface area contributed by atoms with Crippen LogP contribution in [0.4, 0.5) is 0 Å². The molecule has 1 aliphatic carbocycles. The Hall–Kier alpha value is -1.65. The topological polar surface area (TPSA) is 57.7 Å². The van der Waals surface area contributed by atoms with Gasteiger partial charge in [-0.15, -0.1) is 0 Å². The molecule has 5 atom stereocenters. The van der Waals surface area contributed by atoms with Crippen molar-refractivity contribution in [2.75, 3.05) is 13.1 Å². The predicted octanol–water partition coefficient (Wildman–Crippen LogP) is 2.86. The third-order valence-electron chi connectivity index (χ3n) is 6.01. The first-order chi connectivity index (χ1) is 12.3. The number of hydrogen-bond acceptors (Lipinski definition) is 3. The highest BCUT2D eigenvalue weighted by molar-refractivity contribution is 6.08. The second kappa shape index (κ2) is 7.53. The first-order valence-electron chi connectivity index (χ1n) is 10.1. The van der Waals surface area contributed by atoms with Crippen LogP contribution in [0, 0.1) is 29.6 Å². The number of hydrogen-bond donors (Lipinski definition) is 0. The predicted molar refractivity (Wildman–Crippen MR) is 100.0 cm³/mol. The molecule has 0 radical (unpaired) electrons. The zero-order valence-electron chi connectivity index (χ0n) is 16.5. The van der Waals surface area contributed by atoms with E-state index < -0.39 is 6.04 Å². The minimum Gasteiger partial charge on any atom is -0.340 e. The van der Waals surface area contributed by atoms with Gasteiger partial charge in [0.1, 0.15) is 6.04 Å². The van der Waals surface area contributed by atoms with Gasteiger partial charge in [-0.1, -0.05) is 39.8 Å². The Bertz CT molecular complexity index is 576. The average Bonchev–Trinajstić information content (AvgIpc) is 2.83. The molecule has 0 aromatic heterocycles. The molecule has 26 heavy (non-hydrogen) atoms. The van der Waals surface area contributed by atoms with Gasteiger partial charge in [-0.3, -0.25) is 19.3 Å². The highest BCUT2D eigenvalue weighted by atomic mass is 16.2. The number of nitrogens with zero attached hydrogens (tertiary/aromatic N) is 2. The molecule has 0 saturated carbocycles. The summed E-state index contributed by atoms with van der Waals surface area (Å²) in [7, 11) is 0. The average molecular weight is 360 g/mol. The first-order valence-corrected chi connectivity index (χ1v) is 10.1. The standard InChI is InChI=1S/C21H32N2O3/c1-13(2)9-18(21(26)22-11-14(3)10-15(4)12-22)23-19(24)16-7-5-6-8-17(16)20(23)25/h5-6,13-18H,7-12H2,1-4H3. The molecule has 2 fully saturated rings. The van der Waals surface area contributed by atoms with Crippen molar-refractivity contribution in [2.45, 2.75) is 59.4 Å². The number of likely N-dealkylation sites (tertiary alicyclic amines) is 2. The molecule has 0 bridgehead atoms. The summed E-state index contributed by atoms with van der Waals surface area (Å²) < 4.78 is 0. The van der Waals surface area contributed by atoms with Gasteiger partial charge in [-0.25, -0.2) is 0 Å². The monoisotopic (exact) mass is 360 g/mol. The van der Waals surface area contributed by atoms with Crippen molar-refractivity contribution in [3.63, 3.8) is 0 Å². The molecule has 2 aliphatic heterocycles. The fraction of sp³-hybridized carbons (Fsp3) is 0.762. The lowest BCUT2D eigenvalue weighted by Crippen LogP contribution is -2.54. The van der Waals surface area contributed by atoms with Gasteiger partial charge in [0, 0.05) is 13.1 Å². The van der Waals surface area contributed by atoms with Crippen LogP contribution >= 0.6 is 0 Å². The summed E-state index contributed by atoms with van der Waals surface area (Å²) in [4.78, 5) is 42.6. The lowest BCUT2D eigenvalue weighted by atomic mass is 9.85. The molecule has 144 valence electrons.